The molecule has 1 amide bonds. The molecule has 1 aliphatic rings. The second kappa shape index (κ2) is 3.48. The van der Waals surface area contributed by atoms with Gasteiger partial charge in [-0.2, -0.15) is 0 Å². The molecule has 0 aromatic heterocycles. The quantitative estimate of drug-likeness (QED) is 0.765. The van der Waals surface area contributed by atoms with E-state index in [1.807, 2.05) is 0 Å². The van der Waals surface area contributed by atoms with Crippen LogP contribution in [0.5, 0.6) is 5.75 Å². The average Bonchev–Trinajstić information content (AvgIpc) is 2.16. The molecule has 0 spiro atoms. The van der Waals surface area contributed by atoms with E-state index < -0.39 is 5.91 Å². The van der Waals surface area contributed by atoms with E-state index in [1.165, 1.54) is 6.07 Å². The summed E-state index contributed by atoms with van der Waals surface area (Å²) in [6.07, 6.45) is 0. The SMILES string of the molecule is NC(=O)c1cc(Cl)cc2c1OCOC2. The number of nitrogens with two attached hydrogens (primary N) is 1. The van der Waals surface area contributed by atoms with Gasteiger partial charge < -0.3 is 15.2 Å². The Morgan fingerprint density at radius 2 is 2.29 bits per heavy atom. The summed E-state index contributed by atoms with van der Waals surface area (Å²) in [5.41, 5.74) is 6.24. The molecule has 1 aliphatic heterocycles. The molecule has 5 heteroatoms. The molecule has 2 rings (SSSR count). The number of carbonyl (C=O) groups excluding carboxylic acids is 1. The Balaban J connectivity index is 2.58. The zero-order chi connectivity index (χ0) is 10.1. The molecule has 14 heavy (non-hydrogen) atoms. The van der Waals surface area contributed by atoms with Gasteiger partial charge in [0.1, 0.15) is 5.75 Å². The second-order valence-electron chi connectivity index (χ2n) is 2.92. The van der Waals surface area contributed by atoms with Gasteiger partial charge in [0, 0.05) is 10.6 Å². The van der Waals surface area contributed by atoms with Crippen LogP contribution in [0.2, 0.25) is 5.02 Å². The minimum atomic E-state index is -0.550. The Bertz CT molecular complexity index is 392. The van der Waals surface area contributed by atoms with Crippen LogP contribution >= 0.6 is 11.6 Å². The molecule has 0 fully saturated rings. The van der Waals surface area contributed by atoms with Gasteiger partial charge >= 0.3 is 0 Å². The zero-order valence-electron chi connectivity index (χ0n) is 7.25. The number of carbonyl (C=O) groups is 1. The predicted octanol–water partition coefficient (Wildman–Crippen LogP) is 1.31. The molecule has 1 aromatic rings. The van der Waals surface area contributed by atoms with Crippen molar-refractivity contribution < 1.29 is 14.3 Å². The maximum Gasteiger partial charge on any atom is 0.252 e. The molecule has 74 valence electrons. The molecule has 1 aromatic carbocycles. The molecular weight excluding hydrogens is 206 g/mol. The Morgan fingerprint density at radius 1 is 1.50 bits per heavy atom. The summed E-state index contributed by atoms with van der Waals surface area (Å²) in [5, 5.41) is 0.451. The fourth-order valence-corrected chi connectivity index (χ4v) is 1.60. The largest absolute Gasteiger partial charge is 0.466 e. The van der Waals surface area contributed by atoms with Gasteiger partial charge in [0.2, 0.25) is 0 Å². The minimum absolute atomic E-state index is 0.134. The molecule has 0 atom stereocenters. The molecule has 2 N–H and O–H groups in total. The lowest BCUT2D eigenvalue weighted by Gasteiger charge is -2.19. The van der Waals surface area contributed by atoms with Crippen LogP contribution in [0.4, 0.5) is 0 Å². The van der Waals surface area contributed by atoms with Crippen molar-refractivity contribution in [3.63, 3.8) is 0 Å². The van der Waals surface area contributed by atoms with E-state index in [0.717, 1.165) is 5.56 Å². The van der Waals surface area contributed by atoms with Crippen molar-refractivity contribution in [2.45, 2.75) is 6.61 Å². The van der Waals surface area contributed by atoms with Gasteiger partial charge in [0.25, 0.3) is 5.91 Å². The van der Waals surface area contributed by atoms with Gasteiger partial charge in [-0.25, -0.2) is 0 Å². The Morgan fingerprint density at radius 3 is 3.00 bits per heavy atom. The van der Waals surface area contributed by atoms with Gasteiger partial charge in [-0.15, -0.1) is 0 Å². The third-order valence-electron chi connectivity index (χ3n) is 1.94. The van der Waals surface area contributed by atoms with Crippen molar-refractivity contribution in [3.05, 3.63) is 28.3 Å². The van der Waals surface area contributed by atoms with Crippen LogP contribution in [0.15, 0.2) is 12.1 Å². The van der Waals surface area contributed by atoms with E-state index in [0.29, 0.717) is 22.9 Å². The number of hydrogen-bond donors (Lipinski definition) is 1. The first-order valence-electron chi connectivity index (χ1n) is 4.01. The average molecular weight is 214 g/mol. The van der Waals surface area contributed by atoms with Gasteiger partial charge in [-0.05, 0) is 12.1 Å². The van der Waals surface area contributed by atoms with Gasteiger partial charge in [-0.3, -0.25) is 4.79 Å². The standard InChI is InChI=1S/C9H8ClNO3/c10-6-1-5-3-13-4-14-8(5)7(2-6)9(11)12/h1-2H,3-4H2,(H2,11,12). The van der Waals surface area contributed by atoms with Gasteiger partial charge in [0.15, 0.2) is 6.79 Å². The predicted molar refractivity (Wildman–Crippen MR) is 50.3 cm³/mol. The van der Waals surface area contributed by atoms with Crippen LogP contribution in [-0.4, -0.2) is 12.7 Å². The topological polar surface area (TPSA) is 61.6 Å². The van der Waals surface area contributed by atoms with Crippen molar-refractivity contribution in [3.8, 4) is 5.75 Å². The van der Waals surface area contributed by atoms with Gasteiger partial charge in [0.05, 0.1) is 12.2 Å². The summed E-state index contributed by atoms with van der Waals surface area (Å²) in [4.78, 5) is 11.1. The molecule has 4 nitrogen and oxygen atoms in total. The summed E-state index contributed by atoms with van der Waals surface area (Å²) >= 11 is 5.81. The number of halogens is 1. The molecule has 0 radical (unpaired) electrons. The van der Waals surface area contributed by atoms with Crippen LogP contribution in [0.25, 0.3) is 0 Å². The van der Waals surface area contributed by atoms with Crippen molar-refractivity contribution in [1.29, 1.82) is 0 Å². The highest BCUT2D eigenvalue weighted by Crippen LogP contribution is 2.31. The number of benzene rings is 1. The summed E-state index contributed by atoms with van der Waals surface area (Å²) < 4.78 is 10.2. The first-order chi connectivity index (χ1) is 6.68. The minimum Gasteiger partial charge on any atom is -0.466 e. The maximum absolute atomic E-state index is 11.1. The lowest BCUT2D eigenvalue weighted by molar-refractivity contribution is -0.0167. The smallest absolute Gasteiger partial charge is 0.252 e. The monoisotopic (exact) mass is 213 g/mol. The van der Waals surface area contributed by atoms with E-state index in [-0.39, 0.29) is 6.79 Å². The molecule has 1 heterocycles. The number of rotatable bonds is 1. The highest BCUT2D eigenvalue weighted by molar-refractivity contribution is 6.31. The lowest BCUT2D eigenvalue weighted by Crippen LogP contribution is -2.18. The van der Waals surface area contributed by atoms with Gasteiger partial charge in [-0.1, -0.05) is 11.6 Å². The second-order valence-corrected chi connectivity index (χ2v) is 3.35. The zero-order valence-corrected chi connectivity index (χ0v) is 8.00. The summed E-state index contributed by atoms with van der Waals surface area (Å²) in [7, 11) is 0. The van der Waals surface area contributed by atoms with E-state index in [4.69, 9.17) is 26.8 Å². The van der Waals surface area contributed by atoms with Crippen LogP contribution in [-0.2, 0) is 11.3 Å². The van der Waals surface area contributed by atoms with Crippen molar-refractivity contribution in [2.75, 3.05) is 6.79 Å². The molecule has 0 unspecified atom stereocenters. The number of fused-ring (bicyclic) bond motifs is 1. The third-order valence-corrected chi connectivity index (χ3v) is 2.16. The molecule has 0 saturated carbocycles. The fraction of sp³-hybridized carbons (Fsp3) is 0.222. The Kier molecular flexibility index (Phi) is 2.31. The van der Waals surface area contributed by atoms with E-state index >= 15 is 0 Å². The van der Waals surface area contributed by atoms with E-state index in [9.17, 15) is 4.79 Å². The Labute approximate surface area is 85.6 Å². The number of amides is 1. The van der Waals surface area contributed by atoms with Crippen molar-refractivity contribution >= 4 is 17.5 Å². The fourth-order valence-electron chi connectivity index (χ4n) is 1.36. The van der Waals surface area contributed by atoms with E-state index in [2.05, 4.69) is 0 Å². The van der Waals surface area contributed by atoms with Crippen LogP contribution in [0, 0.1) is 0 Å². The lowest BCUT2D eigenvalue weighted by atomic mass is 10.1. The summed E-state index contributed by atoms with van der Waals surface area (Å²) in [5.74, 6) is -0.0706. The van der Waals surface area contributed by atoms with Crippen LogP contribution < -0.4 is 10.5 Å². The number of hydrogen-bond acceptors (Lipinski definition) is 3. The number of primary amides is 1. The highest BCUT2D eigenvalue weighted by atomic mass is 35.5. The Hall–Kier alpha value is -1.26. The molecule has 0 aliphatic carbocycles. The molecule has 0 bridgehead atoms. The highest BCUT2D eigenvalue weighted by Gasteiger charge is 2.19. The van der Waals surface area contributed by atoms with E-state index in [1.54, 1.807) is 6.07 Å². The number of ether oxygens (including phenoxy) is 2. The van der Waals surface area contributed by atoms with Crippen LogP contribution in [0.1, 0.15) is 15.9 Å². The van der Waals surface area contributed by atoms with Crippen molar-refractivity contribution in [1.82, 2.24) is 0 Å². The normalized spacial score (nSPS) is 14.4. The maximum atomic E-state index is 11.1. The summed E-state index contributed by atoms with van der Waals surface area (Å²) in [6, 6.07) is 3.19. The first kappa shape index (κ1) is 9.30. The van der Waals surface area contributed by atoms with Crippen LogP contribution in [0.3, 0.4) is 0 Å². The third kappa shape index (κ3) is 1.54. The van der Waals surface area contributed by atoms with Crippen molar-refractivity contribution in [2.24, 2.45) is 5.73 Å². The first-order valence-corrected chi connectivity index (χ1v) is 4.39. The molecule has 0 saturated heterocycles. The summed E-state index contributed by atoms with van der Waals surface area (Å²) in [6.45, 7) is 0.519. The molecular formula is C9H8ClNO3.